The second-order valence-corrected chi connectivity index (χ2v) is 8.16. The fourth-order valence-corrected chi connectivity index (χ4v) is 4.26. The number of aryl methyl sites for hydroxylation is 2. The third kappa shape index (κ3) is 4.92. The minimum absolute atomic E-state index is 0.279. The van der Waals surface area contributed by atoms with E-state index in [-0.39, 0.29) is 6.04 Å². The Morgan fingerprint density at radius 2 is 2.07 bits per heavy atom. The van der Waals surface area contributed by atoms with Crippen molar-refractivity contribution >= 4 is 11.6 Å². The minimum Gasteiger partial charge on any atom is -0.366 e. The molecule has 0 amide bonds. The van der Waals surface area contributed by atoms with Gasteiger partial charge in [-0.2, -0.15) is 5.10 Å². The molecule has 1 aliphatic heterocycles. The van der Waals surface area contributed by atoms with E-state index in [1.165, 1.54) is 22.5 Å². The molecule has 2 atom stereocenters. The molecule has 1 aliphatic rings. The predicted octanol–water partition coefficient (Wildman–Crippen LogP) is 2.97. The first-order chi connectivity index (χ1) is 13.9. The molecule has 0 radical (unpaired) electrons. The van der Waals surface area contributed by atoms with Crippen LogP contribution < -0.4 is 15.5 Å². The van der Waals surface area contributed by atoms with Crippen molar-refractivity contribution in [1.29, 1.82) is 0 Å². The Hall–Kier alpha value is -2.50. The Morgan fingerprint density at radius 1 is 1.31 bits per heavy atom. The van der Waals surface area contributed by atoms with E-state index in [0.29, 0.717) is 6.04 Å². The summed E-state index contributed by atoms with van der Waals surface area (Å²) < 4.78 is 1.96. The fourth-order valence-electron chi connectivity index (χ4n) is 4.26. The molecule has 2 N–H and O–H groups in total. The first-order valence-corrected chi connectivity index (χ1v) is 10.8. The van der Waals surface area contributed by atoms with Crippen molar-refractivity contribution in [2.24, 2.45) is 12.0 Å². The van der Waals surface area contributed by atoms with Crippen molar-refractivity contribution in [2.75, 3.05) is 24.5 Å². The van der Waals surface area contributed by atoms with E-state index < -0.39 is 0 Å². The van der Waals surface area contributed by atoms with E-state index in [2.05, 4.69) is 79.5 Å². The quantitative estimate of drug-likeness (QED) is 0.558. The van der Waals surface area contributed by atoms with Gasteiger partial charge in [-0.3, -0.25) is 9.67 Å². The number of fused-ring (bicyclic) bond motifs is 1. The van der Waals surface area contributed by atoms with Crippen LogP contribution >= 0.6 is 0 Å². The number of aromatic nitrogens is 2. The van der Waals surface area contributed by atoms with Crippen LogP contribution in [0.25, 0.3) is 0 Å². The molecular weight excluding hydrogens is 360 g/mol. The van der Waals surface area contributed by atoms with Gasteiger partial charge in [0.15, 0.2) is 5.96 Å². The lowest BCUT2D eigenvalue weighted by Gasteiger charge is -2.24. The molecular formula is C23H36N6. The Kier molecular flexibility index (Phi) is 6.83. The van der Waals surface area contributed by atoms with Crippen LogP contribution in [-0.2, 0) is 19.9 Å². The summed E-state index contributed by atoms with van der Waals surface area (Å²) in [5.74, 6) is 0.888. The average Bonchev–Trinajstić information content (AvgIpc) is 3.12. The van der Waals surface area contributed by atoms with Gasteiger partial charge in [0.05, 0.1) is 12.2 Å². The van der Waals surface area contributed by atoms with Crippen molar-refractivity contribution in [3.05, 3.63) is 46.8 Å². The van der Waals surface area contributed by atoms with E-state index in [4.69, 9.17) is 4.99 Å². The molecule has 29 heavy (non-hydrogen) atoms. The summed E-state index contributed by atoms with van der Waals surface area (Å²) in [5, 5.41) is 11.5. The molecule has 158 valence electrons. The van der Waals surface area contributed by atoms with Gasteiger partial charge in [0, 0.05) is 43.6 Å². The SMILES string of the molecule is CCNC(=NCCN1c2ccccc2CC1C)NC(C)Cc1c(C)nn(C)c1C. The zero-order chi connectivity index (χ0) is 21.0. The number of anilines is 1. The van der Waals surface area contributed by atoms with Crippen molar-refractivity contribution in [3.8, 4) is 0 Å². The van der Waals surface area contributed by atoms with Crippen LogP contribution in [0.4, 0.5) is 5.69 Å². The zero-order valence-electron chi connectivity index (χ0n) is 18.8. The first-order valence-electron chi connectivity index (χ1n) is 10.8. The van der Waals surface area contributed by atoms with Crippen molar-refractivity contribution in [2.45, 2.75) is 59.5 Å². The molecule has 0 saturated heterocycles. The Morgan fingerprint density at radius 3 is 2.76 bits per heavy atom. The minimum atomic E-state index is 0.279. The lowest BCUT2D eigenvalue weighted by molar-refractivity contribution is 0.632. The second-order valence-electron chi connectivity index (χ2n) is 8.16. The summed E-state index contributed by atoms with van der Waals surface area (Å²) in [6.07, 6.45) is 2.06. The number of nitrogens with one attached hydrogen (secondary N) is 2. The van der Waals surface area contributed by atoms with Gasteiger partial charge in [-0.05, 0) is 64.7 Å². The van der Waals surface area contributed by atoms with Crippen molar-refractivity contribution in [3.63, 3.8) is 0 Å². The number of aliphatic imine (C=N–C) groups is 1. The van der Waals surface area contributed by atoms with Crippen LogP contribution in [0.2, 0.25) is 0 Å². The highest BCUT2D eigenvalue weighted by Gasteiger charge is 2.24. The maximum atomic E-state index is 4.85. The van der Waals surface area contributed by atoms with Crippen LogP contribution in [0.5, 0.6) is 0 Å². The van der Waals surface area contributed by atoms with Gasteiger partial charge in [0.25, 0.3) is 0 Å². The highest BCUT2D eigenvalue weighted by atomic mass is 15.3. The van der Waals surface area contributed by atoms with E-state index in [9.17, 15) is 0 Å². The third-order valence-corrected chi connectivity index (χ3v) is 5.86. The van der Waals surface area contributed by atoms with Gasteiger partial charge in [0.1, 0.15) is 0 Å². The monoisotopic (exact) mass is 396 g/mol. The highest BCUT2D eigenvalue weighted by Crippen LogP contribution is 2.31. The third-order valence-electron chi connectivity index (χ3n) is 5.86. The lowest BCUT2D eigenvalue weighted by atomic mass is 10.1. The smallest absolute Gasteiger partial charge is 0.191 e. The summed E-state index contributed by atoms with van der Waals surface area (Å²) in [6, 6.07) is 9.54. The Labute approximate surface area is 175 Å². The number of benzene rings is 1. The van der Waals surface area contributed by atoms with E-state index in [0.717, 1.165) is 44.1 Å². The van der Waals surface area contributed by atoms with Gasteiger partial charge in [-0.15, -0.1) is 0 Å². The van der Waals surface area contributed by atoms with Crippen LogP contribution in [0.3, 0.4) is 0 Å². The molecule has 2 aromatic rings. The molecule has 1 aromatic carbocycles. The molecule has 6 heteroatoms. The van der Waals surface area contributed by atoms with Gasteiger partial charge in [0.2, 0.25) is 0 Å². The van der Waals surface area contributed by atoms with E-state index in [1.807, 2.05) is 11.7 Å². The largest absolute Gasteiger partial charge is 0.366 e. The number of guanidine groups is 1. The van der Waals surface area contributed by atoms with Gasteiger partial charge >= 0.3 is 0 Å². The Bertz CT molecular complexity index is 853. The van der Waals surface area contributed by atoms with Gasteiger partial charge in [-0.1, -0.05) is 18.2 Å². The zero-order valence-corrected chi connectivity index (χ0v) is 18.8. The molecule has 3 rings (SSSR count). The lowest BCUT2D eigenvalue weighted by Crippen LogP contribution is -2.43. The second kappa shape index (κ2) is 9.33. The molecule has 6 nitrogen and oxygen atoms in total. The number of hydrogen-bond acceptors (Lipinski definition) is 3. The number of hydrogen-bond donors (Lipinski definition) is 2. The molecule has 2 unspecified atom stereocenters. The first kappa shape index (κ1) is 21.2. The van der Waals surface area contributed by atoms with E-state index >= 15 is 0 Å². The molecule has 1 aromatic heterocycles. The summed E-state index contributed by atoms with van der Waals surface area (Å²) in [4.78, 5) is 7.33. The standard InChI is InChI=1S/C23H36N6/c1-7-24-23(26-16(2)14-21-18(4)27-28(6)19(21)5)25-12-13-29-17(3)15-20-10-8-9-11-22(20)29/h8-11,16-17H,7,12-15H2,1-6H3,(H2,24,25,26). The van der Waals surface area contributed by atoms with Gasteiger partial charge < -0.3 is 15.5 Å². The van der Waals surface area contributed by atoms with Crippen LogP contribution in [-0.4, -0.2) is 47.5 Å². The predicted molar refractivity (Wildman–Crippen MR) is 122 cm³/mol. The summed E-state index contributed by atoms with van der Waals surface area (Å²) in [6.45, 7) is 13.4. The molecule has 0 spiro atoms. The molecule has 0 saturated carbocycles. The van der Waals surface area contributed by atoms with Crippen LogP contribution in [0.1, 0.15) is 43.3 Å². The molecule has 2 heterocycles. The highest BCUT2D eigenvalue weighted by molar-refractivity contribution is 5.80. The number of para-hydroxylation sites is 1. The normalized spacial score (nSPS) is 17.4. The molecule has 0 fully saturated rings. The Balaban J connectivity index is 1.60. The number of rotatable bonds is 7. The van der Waals surface area contributed by atoms with Gasteiger partial charge in [-0.25, -0.2) is 0 Å². The topological polar surface area (TPSA) is 57.5 Å². The van der Waals surface area contributed by atoms with Crippen molar-refractivity contribution in [1.82, 2.24) is 20.4 Å². The van der Waals surface area contributed by atoms with Crippen LogP contribution in [0, 0.1) is 13.8 Å². The van der Waals surface area contributed by atoms with Crippen molar-refractivity contribution < 1.29 is 0 Å². The fraction of sp³-hybridized carbons (Fsp3) is 0.565. The van der Waals surface area contributed by atoms with Crippen LogP contribution in [0.15, 0.2) is 29.3 Å². The molecule has 0 bridgehead atoms. The maximum absolute atomic E-state index is 4.85. The maximum Gasteiger partial charge on any atom is 0.191 e. The molecule has 0 aliphatic carbocycles. The summed E-state index contributed by atoms with van der Waals surface area (Å²) in [5.41, 5.74) is 6.49. The van der Waals surface area contributed by atoms with E-state index in [1.54, 1.807) is 0 Å². The summed E-state index contributed by atoms with van der Waals surface area (Å²) in [7, 11) is 2.01. The average molecular weight is 397 g/mol. The summed E-state index contributed by atoms with van der Waals surface area (Å²) >= 11 is 0. The number of nitrogens with zero attached hydrogens (tertiary/aromatic N) is 4.